The van der Waals surface area contributed by atoms with Crippen LogP contribution in [0, 0.1) is 6.92 Å². The van der Waals surface area contributed by atoms with Gasteiger partial charge in [-0.3, -0.25) is 0 Å². The zero-order valence-electron chi connectivity index (χ0n) is 18.8. The van der Waals surface area contributed by atoms with Crippen molar-refractivity contribution < 1.29 is 17.1 Å². The van der Waals surface area contributed by atoms with Gasteiger partial charge in [0.1, 0.15) is 16.7 Å². The van der Waals surface area contributed by atoms with Crippen LogP contribution in [0.5, 0.6) is 5.75 Å². The van der Waals surface area contributed by atoms with E-state index in [9.17, 15) is 8.42 Å². The summed E-state index contributed by atoms with van der Waals surface area (Å²) >= 11 is 5.54. The second kappa shape index (κ2) is 9.20. The Morgan fingerprint density at radius 2 is 1.89 bits per heavy atom. The first-order valence-electron chi connectivity index (χ1n) is 10.9. The zero-order chi connectivity index (χ0) is 24.6. The van der Waals surface area contributed by atoms with Crippen molar-refractivity contribution in [3.63, 3.8) is 0 Å². The fourth-order valence-corrected chi connectivity index (χ4v) is 5.15. The van der Waals surface area contributed by atoms with Crippen LogP contribution in [0.1, 0.15) is 30.3 Å². The van der Waals surface area contributed by atoms with Gasteiger partial charge < -0.3 is 19.3 Å². The third-order valence-corrected chi connectivity index (χ3v) is 7.38. The number of rotatable bonds is 5. The maximum Gasteiger partial charge on any atom is 0.339 e. The molecule has 180 valence electrons. The Bertz CT molecular complexity index is 1520. The standard InChI is InChI=1S/C24H22ClN5O4S/c1-15-4-10-20(11-5-15)35(31,32)34-19-9-8-16-13-18(7-6-17(16)14-19)22-27-23(33-29-22)21-3-2-12-30(21)24(26)28-25/h4-11,13-14,21H,2-3,12H2,1H3,(H2,26,28)/t21-/m0/s1. The molecule has 2 N–H and O–H groups in total. The number of hydrogen-bond donors (Lipinski definition) is 1. The molecule has 1 fully saturated rings. The molecule has 2 heterocycles. The summed E-state index contributed by atoms with van der Waals surface area (Å²) in [7, 11) is -3.93. The third kappa shape index (κ3) is 4.67. The van der Waals surface area contributed by atoms with Gasteiger partial charge in [0.15, 0.2) is 0 Å². The Morgan fingerprint density at radius 1 is 1.14 bits per heavy atom. The summed E-state index contributed by atoms with van der Waals surface area (Å²) in [6.07, 6.45) is 1.72. The molecule has 11 heteroatoms. The summed E-state index contributed by atoms with van der Waals surface area (Å²) in [5.41, 5.74) is 7.61. The smallest absolute Gasteiger partial charge is 0.339 e. The molecule has 0 amide bonds. The second-order valence-corrected chi connectivity index (χ2v) is 10.0. The lowest BCUT2D eigenvalue weighted by Gasteiger charge is -2.21. The summed E-state index contributed by atoms with van der Waals surface area (Å²) in [6, 6.07) is 17.0. The van der Waals surface area contributed by atoms with E-state index in [4.69, 9.17) is 26.2 Å². The fourth-order valence-electron chi connectivity index (χ4n) is 4.13. The van der Waals surface area contributed by atoms with Crippen LogP contribution in [-0.4, -0.2) is 36.0 Å². The van der Waals surface area contributed by atoms with E-state index in [-0.39, 0.29) is 22.6 Å². The first-order chi connectivity index (χ1) is 16.8. The molecule has 0 saturated carbocycles. The molecule has 35 heavy (non-hydrogen) atoms. The normalized spacial score (nSPS) is 16.7. The number of halogens is 1. The number of nitrogens with two attached hydrogens (primary N) is 1. The average molecular weight is 512 g/mol. The molecule has 1 atom stereocenters. The number of hydrogen-bond acceptors (Lipinski definition) is 7. The maximum atomic E-state index is 12.6. The first kappa shape index (κ1) is 23.1. The lowest BCUT2D eigenvalue weighted by atomic mass is 10.1. The maximum absolute atomic E-state index is 12.6. The van der Waals surface area contributed by atoms with E-state index in [1.165, 1.54) is 12.1 Å². The third-order valence-electron chi connectivity index (χ3n) is 5.95. The lowest BCUT2D eigenvalue weighted by Crippen LogP contribution is -2.36. The molecule has 0 spiro atoms. The van der Waals surface area contributed by atoms with Gasteiger partial charge in [-0.2, -0.15) is 13.4 Å². The van der Waals surface area contributed by atoms with Crippen LogP contribution in [0.25, 0.3) is 22.2 Å². The van der Waals surface area contributed by atoms with Crippen molar-refractivity contribution in [2.75, 3.05) is 6.54 Å². The van der Waals surface area contributed by atoms with Crippen LogP contribution >= 0.6 is 11.8 Å². The van der Waals surface area contributed by atoms with Gasteiger partial charge in [0.25, 0.3) is 0 Å². The molecule has 0 aliphatic carbocycles. The van der Waals surface area contributed by atoms with E-state index in [0.29, 0.717) is 18.3 Å². The number of fused-ring (bicyclic) bond motifs is 1. The molecule has 1 aliphatic heterocycles. The molecule has 1 saturated heterocycles. The number of likely N-dealkylation sites (tertiary alicyclic amines) is 1. The molecule has 3 aromatic carbocycles. The Hall–Kier alpha value is -3.63. The van der Waals surface area contributed by atoms with Gasteiger partial charge >= 0.3 is 10.1 Å². The van der Waals surface area contributed by atoms with Gasteiger partial charge in [0, 0.05) is 23.9 Å². The minimum atomic E-state index is -3.93. The number of nitrogens with zero attached hydrogens (tertiary/aromatic N) is 4. The highest BCUT2D eigenvalue weighted by Crippen LogP contribution is 2.33. The minimum absolute atomic E-state index is 0.103. The molecule has 4 aromatic rings. The van der Waals surface area contributed by atoms with Crippen LogP contribution in [0.3, 0.4) is 0 Å². The summed E-state index contributed by atoms with van der Waals surface area (Å²) < 4.78 is 39.6. The van der Waals surface area contributed by atoms with Gasteiger partial charge in [-0.15, -0.1) is 4.51 Å². The molecule has 0 unspecified atom stereocenters. The van der Waals surface area contributed by atoms with Crippen molar-refractivity contribution >= 4 is 38.6 Å². The van der Waals surface area contributed by atoms with E-state index in [1.54, 1.807) is 30.3 Å². The molecule has 5 rings (SSSR count). The Balaban J connectivity index is 1.38. The summed E-state index contributed by atoms with van der Waals surface area (Å²) in [4.78, 5) is 6.51. The summed E-state index contributed by atoms with van der Waals surface area (Å²) in [5, 5.41) is 5.81. The average Bonchev–Trinajstić information content (AvgIpc) is 3.53. The molecular weight excluding hydrogens is 490 g/mol. The molecule has 9 nitrogen and oxygen atoms in total. The highest BCUT2D eigenvalue weighted by molar-refractivity contribution is 7.87. The quantitative estimate of drug-likeness (QED) is 0.235. The monoisotopic (exact) mass is 511 g/mol. The zero-order valence-corrected chi connectivity index (χ0v) is 20.3. The number of aryl methyl sites for hydroxylation is 1. The van der Waals surface area contributed by atoms with E-state index in [1.807, 2.05) is 30.0 Å². The van der Waals surface area contributed by atoms with E-state index >= 15 is 0 Å². The first-order valence-corrected chi connectivity index (χ1v) is 12.7. The van der Waals surface area contributed by atoms with Gasteiger partial charge in [0.2, 0.25) is 17.7 Å². The van der Waals surface area contributed by atoms with Crippen molar-refractivity contribution in [2.24, 2.45) is 10.2 Å². The molecular formula is C24H22ClN5O4S. The number of benzene rings is 3. The van der Waals surface area contributed by atoms with Crippen molar-refractivity contribution in [3.05, 3.63) is 72.1 Å². The topological polar surface area (TPSA) is 124 Å². The van der Waals surface area contributed by atoms with Crippen LogP contribution in [0.4, 0.5) is 0 Å². The Kier molecular flexibility index (Phi) is 6.08. The van der Waals surface area contributed by atoms with Crippen LogP contribution in [0.15, 0.2) is 74.6 Å². The minimum Gasteiger partial charge on any atom is -0.379 e. The fraction of sp³-hybridized carbons (Fsp3) is 0.208. The number of aromatic nitrogens is 2. The van der Waals surface area contributed by atoms with Gasteiger partial charge in [-0.25, -0.2) is 0 Å². The van der Waals surface area contributed by atoms with Crippen molar-refractivity contribution in [3.8, 4) is 17.1 Å². The predicted molar refractivity (Wildman–Crippen MR) is 132 cm³/mol. The SMILES string of the molecule is Cc1ccc(S(=O)(=O)Oc2ccc3cc(-c4noc([C@@H]5CCCN5C(N)=NCl)n4)ccc3c2)cc1. The molecule has 0 radical (unpaired) electrons. The van der Waals surface area contributed by atoms with E-state index in [0.717, 1.165) is 34.7 Å². The van der Waals surface area contributed by atoms with Crippen LogP contribution in [0.2, 0.25) is 0 Å². The van der Waals surface area contributed by atoms with Gasteiger partial charge in [0.05, 0.1) is 0 Å². The van der Waals surface area contributed by atoms with Gasteiger partial charge in [-0.1, -0.05) is 41.1 Å². The summed E-state index contributed by atoms with van der Waals surface area (Å²) in [5.74, 6) is 1.35. The van der Waals surface area contributed by atoms with Gasteiger partial charge in [-0.05, 0) is 60.9 Å². The van der Waals surface area contributed by atoms with Crippen molar-refractivity contribution in [1.82, 2.24) is 15.0 Å². The van der Waals surface area contributed by atoms with Crippen LogP contribution < -0.4 is 9.92 Å². The summed E-state index contributed by atoms with van der Waals surface area (Å²) in [6.45, 7) is 2.60. The number of guanidine groups is 1. The van der Waals surface area contributed by atoms with Crippen molar-refractivity contribution in [2.45, 2.75) is 30.7 Å². The molecule has 1 aliphatic rings. The van der Waals surface area contributed by atoms with Crippen LogP contribution in [-0.2, 0) is 10.1 Å². The molecule has 1 aromatic heterocycles. The predicted octanol–water partition coefficient (Wildman–Crippen LogP) is 4.57. The van der Waals surface area contributed by atoms with Crippen molar-refractivity contribution in [1.29, 1.82) is 0 Å². The van der Waals surface area contributed by atoms with E-state index in [2.05, 4.69) is 14.7 Å². The lowest BCUT2D eigenvalue weighted by molar-refractivity contribution is 0.284. The second-order valence-electron chi connectivity index (χ2n) is 8.32. The highest BCUT2D eigenvalue weighted by atomic mass is 35.5. The largest absolute Gasteiger partial charge is 0.379 e. The highest BCUT2D eigenvalue weighted by Gasteiger charge is 2.32. The Morgan fingerprint density at radius 3 is 2.66 bits per heavy atom. The van der Waals surface area contributed by atoms with E-state index < -0.39 is 10.1 Å². The molecule has 0 bridgehead atoms. The Labute approximate surface area is 207 Å².